The number of alkyl halides is 1. The third kappa shape index (κ3) is 9.95. The molecule has 2 aliphatic rings. The van der Waals surface area contributed by atoms with E-state index in [9.17, 15) is 0 Å². The Balaban J connectivity index is 0.000000231. The predicted molar refractivity (Wildman–Crippen MR) is 100 cm³/mol. The molecule has 0 amide bonds. The largest absolute Gasteiger partial charge is 0.305 e. The molecule has 2 rings (SSSR count). The van der Waals surface area contributed by atoms with Gasteiger partial charge in [-0.3, -0.25) is 0 Å². The minimum Gasteiger partial charge on any atom is -0.305 e. The van der Waals surface area contributed by atoms with Crippen molar-refractivity contribution in [1.82, 2.24) is 5.43 Å². The van der Waals surface area contributed by atoms with Crippen LogP contribution in [0.1, 0.15) is 92.9 Å². The summed E-state index contributed by atoms with van der Waals surface area (Å²) in [6.45, 7) is 12.5. The van der Waals surface area contributed by atoms with Gasteiger partial charge in [-0.2, -0.15) is 15.3 Å². The molecule has 1 N–H and O–H groups in total. The quantitative estimate of drug-likeness (QED) is 0.282. The van der Waals surface area contributed by atoms with Gasteiger partial charge in [0.15, 0.2) is 5.00 Å². The van der Waals surface area contributed by atoms with Crippen LogP contribution < -0.4 is 5.43 Å². The van der Waals surface area contributed by atoms with Gasteiger partial charge in [-0.1, -0.05) is 11.6 Å². The molecule has 23 heavy (non-hydrogen) atoms. The molecule has 4 nitrogen and oxygen atoms in total. The van der Waals surface area contributed by atoms with Crippen LogP contribution in [0.4, 0.5) is 0 Å². The van der Waals surface area contributed by atoms with Gasteiger partial charge in [-0.05, 0) is 92.9 Å². The van der Waals surface area contributed by atoms with Crippen LogP contribution in [0.5, 0.6) is 0 Å². The van der Waals surface area contributed by atoms with Crippen LogP contribution in [0.3, 0.4) is 0 Å². The fourth-order valence-electron chi connectivity index (χ4n) is 2.40. The lowest BCUT2D eigenvalue weighted by molar-refractivity contribution is 0.440. The zero-order chi connectivity index (χ0) is 17.6. The van der Waals surface area contributed by atoms with Crippen molar-refractivity contribution in [3.8, 4) is 0 Å². The second kappa shape index (κ2) is 8.46. The number of hydrazone groups is 1. The van der Waals surface area contributed by atoms with Crippen LogP contribution >= 0.6 is 11.6 Å². The molecule has 0 aromatic heterocycles. The Morgan fingerprint density at radius 1 is 0.913 bits per heavy atom. The fourth-order valence-corrected chi connectivity index (χ4v) is 2.70. The predicted octanol–water partition coefficient (Wildman–Crippen LogP) is 6.05. The maximum atomic E-state index is 6.22. The summed E-state index contributed by atoms with van der Waals surface area (Å²) in [5.41, 5.74) is 4.53. The number of hydrogen-bond donors (Lipinski definition) is 1. The Morgan fingerprint density at radius 2 is 1.43 bits per heavy atom. The number of rotatable bonds is 2. The molecule has 0 aliphatic heterocycles. The third-order valence-corrected chi connectivity index (χ3v) is 4.08. The van der Waals surface area contributed by atoms with Gasteiger partial charge in [0.1, 0.15) is 0 Å². The van der Waals surface area contributed by atoms with Crippen molar-refractivity contribution in [2.45, 2.75) is 109 Å². The van der Waals surface area contributed by atoms with Crippen LogP contribution in [-0.2, 0) is 0 Å². The number of nitrogens with one attached hydrogen (secondary N) is 1. The maximum absolute atomic E-state index is 6.22. The second-order valence-corrected chi connectivity index (χ2v) is 9.45. The molecule has 0 spiro atoms. The van der Waals surface area contributed by atoms with Crippen molar-refractivity contribution in [2.24, 2.45) is 15.3 Å². The Hall–Kier alpha value is -0.640. The Kier molecular flexibility index (Phi) is 7.50. The first kappa shape index (κ1) is 20.4. The highest BCUT2D eigenvalue weighted by atomic mass is 35.5. The first-order valence-corrected chi connectivity index (χ1v) is 9.33. The maximum Gasteiger partial charge on any atom is 0.154 e. The molecule has 2 aliphatic carbocycles. The van der Waals surface area contributed by atoms with Gasteiger partial charge in [-0.25, -0.2) is 0 Å². The molecule has 0 radical (unpaired) electrons. The highest BCUT2D eigenvalue weighted by molar-refractivity contribution is 6.23. The Morgan fingerprint density at radius 3 is 1.87 bits per heavy atom. The molecule has 0 heterocycles. The van der Waals surface area contributed by atoms with Crippen LogP contribution in [0.2, 0.25) is 0 Å². The first-order chi connectivity index (χ1) is 10.5. The first-order valence-electron chi connectivity index (χ1n) is 8.95. The molecule has 0 aromatic carbocycles. The SMILES string of the molecule is CC(C)(C)/N=N/C1(Cl)CCCC1.CC(C)(C)NN=C1CCCC1. The van der Waals surface area contributed by atoms with Crippen LogP contribution in [0.25, 0.3) is 0 Å². The van der Waals surface area contributed by atoms with Crippen molar-refractivity contribution in [3.63, 3.8) is 0 Å². The normalized spacial score (nSPS) is 21.3. The monoisotopic (exact) mass is 342 g/mol. The van der Waals surface area contributed by atoms with E-state index in [0.29, 0.717) is 0 Å². The summed E-state index contributed by atoms with van der Waals surface area (Å²) in [6.07, 6.45) is 9.38. The topological polar surface area (TPSA) is 49.1 Å². The van der Waals surface area contributed by atoms with E-state index in [4.69, 9.17) is 11.6 Å². The van der Waals surface area contributed by atoms with Crippen molar-refractivity contribution >= 4 is 17.3 Å². The number of azo groups is 1. The molecule has 0 saturated heterocycles. The molecule has 0 bridgehead atoms. The summed E-state index contributed by atoms with van der Waals surface area (Å²) >= 11 is 6.22. The summed E-state index contributed by atoms with van der Waals surface area (Å²) < 4.78 is 0. The minimum absolute atomic E-state index is 0.0928. The van der Waals surface area contributed by atoms with Gasteiger partial charge >= 0.3 is 0 Å². The van der Waals surface area contributed by atoms with E-state index in [0.717, 1.165) is 12.8 Å². The lowest BCUT2D eigenvalue weighted by atomic mass is 10.1. The van der Waals surface area contributed by atoms with Crippen molar-refractivity contribution < 1.29 is 0 Å². The zero-order valence-corrected chi connectivity index (χ0v) is 16.6. The second-order valence-electron chi connectivity index (χ2n) is 8.74. The molecule has 0 atom stereocenters. The van der Waals surface area contributed by atoms with E-state index >= 15 is 0 Å². The van der Waals surface area contributed by atoms with E-state index in [2.05, 4.69) is 41.5 Å². The Bertz CT molecular complexity index is 402. The molecule has 134 valence electrons. The van der Waals surface area contributed by atoms with Gasteiger partial charge in [-0.15, -0.1) is 0 Å². The molecular weight excluding hydrogens is 308 g/mol. The van der Waals surface area contributed by atoms with Crippen molar-refractivity contribution in [1.29, 1.82) is 0 Å². The summed E-state index contributed by atoms with van der Waals surface area (Å²) in [5.74, 6) is 0. The van der Waals surface area contributed by atoms with Gasteiger partial charge in [0.25, 0.3) is 0 Å². The highest BCUT2D eigenvalue weighted by Crippen LogP contribution is 2.37. The lowest BCUT2D eigenvalue weighted by Gasteiger charge is -2.17. The molecular formula is C18H35ClN4. The average Bonchev–Trinajstić information content (AvgIpc) is 3.05. The molecule has 0 unspecified atom stereocenters. The molecule has 2 saturated carbocycles. The van der Waals surface area contributed by atoms with E-state index in [-0.39, 0.29) is 16.1 Å². The molecule has 2 fully saturated rings. The average molecular weight is 343 g/mol. The standard InChI is InChI=1S/C9H17ClN2.C9H18N2/c1-8(2,3)11-12-9(10)6-4-5-7-9;1-9(2,3)11-10-8-6-4-5-7-8/h4-7H2,1-3H3;11H,4-7H2,1-3H3/b12-11+;. The number of nitrogens with zero attached hydrogens (tertiary/aromatic N) is 3. The van der Waals surface area contributed by atoms with Gasteiger partial charge in [0.05, 0.1) is 5.54 Å². The van der Waals surface area contributed by atoms with E-state index < -0.39 is 0 Å². The van der Waals surface area contributed by atoms with E-state index in [1.807, 2.05) is 20.8 Å². The summed E-state index contributed by atoms with van der Waals surface area (Å²) in [7, 11) is 0. The van der Waals surface area contributed by atoms with E-state index in [1.54, 1.807) is 0 Å². The minimum atomic E-state index is -0.368. The summed E-state index contributed by atoms with van der Waals surface area (Å²) in [4.78, 5) is -0.368. The van der Waals surface area contributed by atoms with Crippen LogP contribution in [0.15, 0.2) is 15.3 Å². The van der Waals surface area contributed by atoms with Crippen molar-refractivity contribution in [3.05, 3.63) is 0 Å². The zero-order valence-electron chi connectivity index (χ0n) is 15.9. The molecule has 0 aromatic rings. The van der Waals surface area contributed by atoms with Crippen LogP contribution in [-0.4, -0.2) is 21.8 Å². The summed E-state index contributed by atoms with van der Waals surface area (Å²) in [6, 6.07) is 0. The summed E-state index contributed by atoms with van der Waals surface area (Å²) in [5, 5.41) is 12.8. The van der Waals surface area contributed by atoms with E-state index in [1.165, 1.54) is 44.2 Å². The smallest absolute Gasteiger partial charge is 0.154 e. The van der Waals surface area contributed by atoms with Crippen LogP contribution in [0, 0.1) is 0 Å². The fraction of sp³-hybridized carbons (Fsp3) is 0.944. The molecule has 5 heteroatoms. The lowest BCUT2D eigenvalue weighted by Crippen LogP contribution is -2.32. The highest BCUT2D eigenvalue weighted by Gasteiger charge is 2.31. The van der Waals surface area contributed by atoms with Crippen molar-refractivity contribution in [2.75, 3.05) is 0 Å². The van der Waals surface area contributed by atoms with Gasteiger partial charge in [0.2, 0.25) is 0 Å². The van der Waals surface area contributed by atoms with Gasteiger partial charge < -0.3 is 5.43 Å². The Labute approximate surface area is 147 Å². The number of hydrogen-bond acceptors (Lipinski definition) is 4. The van der Waals surface area contributed by atoms with Gasteiger partial charge in [0, 0.05) is 11.3 Å². The number of halogens is 1. The third-order valence-electron chi connectivity index (χ3n) is 3.63.